The summed E-state index contributed by atoms with van der Waals surface area (Å²) in [4.78, 5) is 13.7. The first-order chi connectivity index (χ1) is 4.20. The standard InChI is InChI=1S/C4H5N3O2.ClH.2H2O/c5-4(8)3-1-7(9)2-6-3;;;/h1-2,9H,(H2,5,8);1H;2*1H2. The van der Waals surface area contributed by atoms with Gasteiger partial charge in [0.2, 0.25) is 0 Å². The fourth-order valence-corrected chi connectivity index (χ4v) is 0.441. The van der Waals surface area contributed by atoms with Gasteiger partial charge < -0.3 is 21.9 Å². The summed E-state index contributed by atoms with van der Waals surface area (Å²) in [5.41, 5.74) is 4.85. The molecule has 1 aromatic rings. The molecule has 0 saturated heterocycles. The number of carbonyl (C=O) groups excluding carboxylic acids is 1. The minimum atomic E-state index is -0.650. The number of halogens is 1. The monoisotopic (exact) mass is 199 g/mol. The third kappa shape index (κ3) is 3.76. The number of hydrogen-bond acceptors (Lipinski definition) is 3. The van der Waals surface area contributed by atoms with Crippen LogP contribution in [0.3, 0.4) is 0 Å². The average Bonchev–Trinajstić information content (AvgIpc) is 2.14. The van der Waals surface area contributed by atoms with Crippen LogP contribution >= 0.6 is 12.4 Å². The average molecular weight is 200 g/mol. The van der Waals surface area contributed by atoms with Gasteiger partial charge in [0, 0.05) is 0 Å². The molecule has 0 saturated carbocycles. The first kappa shape index (κ1) is 17.0. The number of aromatic nitrogens is 2. The molecule has 1 heterocycles. The maximum Gasteiger partial charge on any atom is 0.269 e. The number of nitrogens with two attached hydrogens (primary N) is 1. The maximum absolute atomic E-state index is 10.2. The van der Waals surface area contributed by atoms with Gasteiger partial charge in [-0.25, -0.2) is 4.98 Å². The smallest absolute Gasteiger partial charge is 0.269 e. The van der Waals surface area contributed by atoms with Gasteiger partial charge in [-0.2, -0.15) is 4.73 Å². The van der Waals surface area contributed by atoms with Crippen molar-refractivity contribution in [3.8, 4) is 0 Å². The normalized spacial score (nSPS) is 7.00. The molecule has 7 N–H and O–H groups in total. The molecule has 1 rings (SSSR count). The van der Waals surface area contributed by atoms with E-state index in [1.54, 1.807) is 0 Å². The minimum absolute atomic E-state index is 0. The van der Waals surface area contributed by atoms with Crippen molar-refractivity contribution in [2.24, 2.45) is 5.73 Å². The van der Waals surface area contributed by atoms with Gasteiger partial charge in [0.05, 0.1) is 6.20 Å². The molecular weight excluding hydrogens is 190 g/mol. The van der Waals surface area contributed by atoms with E-state index < -0.39 is 5.91 Å². The zero-order chi connectivity index (χ0) is 6.85. The second-order valence-corrected chi connectivity index (χ2v) is 1.50. The molecule has 0 unspecified atom stereocenters. The Morgan fingerprint density at radius 1 is 1.58 bits per heavy atom. The fraction of sp³-hybridized carbons (Fsp3) is 0. The van der Waals surface area contributed by atoms with Crippen molar-refractivity contribution >= 4 is 18.3 Å². The largest absolute Gasteiger partial charge is 0.427 e. The van der Waals surface area contributed by atoms with Crippen LogP contribution in [0.25, 0.3) is 0 Å². The Labute approximate surface area is 73.8 Å². The van der Waals surface area contributed by atoms with Crippen molar-refractivity contribution < 1.29 is 21.0 Å². The summed E-state index contributed by atoms with van der Waals surface area (Å²) >= 11 is 0. The van der Waals surface area contributed by atoms with Gasteiger partial charge in [-0.15, -0.1) is 12.4 Å². The Morgan fingerprint density at radius 2 is 2.08 bits per heavy atom. The molecule has 0 aliphatic carbocycles. The van der Waals surface area contributed by atoms with Crippen molar-refractivity contribution in [3.05, 3.63) is 18.2 Å². The Balaban J connectivity index is -0.000000270. The summed E-state index contributed by atoms with van der Waals surface area (Å²) in [5, 5.41) is 8.55. The van der Waals surface area contributed by atoms with E-state index in [4.69, 9.17) is 10.9 Å². The molecule has 0 aliphatic rings. The molecule has 1 amide bonds. The molecule has 0 aliphatic heterocycles. The number of hydrogen-bond donors (Lipinski definition) is 2. The highest BCUT2D eigenvalue weighted by atomic mass is 35.5. The summed E-state index contributed by atoms with van der Waals surface area (Å²) < 4.78 is 0.667. The highest BCUT2D eigenvalue weighted by Crippen LogP contribution is 1.89. The topological polar surface area (TPSA) is 144 Å². The Bertz CT molecular complexity index is 238. The molecular formula is C4H10ClN3O4. The first-order valence-electron chi connectivity index (χ1n) is 2.23. The fourth-order valence-electron chi connectivity index (χ4n) is 0.441. The van der Waals surface area contributed by atoms with Crippen LogP contribution in [0.5, 0.6) is 0 Å². The lowest BCUT2D eigenvalue weighted by Crippen LogP contribution is -2.10. The molecule has 8 heteroatoms. The summed E-state index contributed by atoms with van der Waals surface area (Å²) in [6.07, 6.45) is 2.21. The van der Waals surface area contributed by atoms with Crippen molar-refractivity contribution in [2.45, 2.75) is 0 Å². The molecule has 0 bridgehead atoms. The van der Waals surface area contributed by atoms with E-state index in [1.807, 2.05) is 0 Å². The molecule has 0 fully saturated rings. The third-order valence-corrected chi connectivity index (χ3v) is 0.822. The minimum Gasteiger partial charge on any atom is -0.427 e. The first-order valence-corrected chi connectivity index (χ1v) is 2.23. The van der Waals surface area contributed by atoms with Crippen LogP contribution in [-0.4, -0.2) is 31.8 Å². The van der Waals surface area contributed by atoms with Crippen LogP contribution in [0, 0.1) is 0 Å². The van der Waals surface area contributed by atoms with E-state index in [1.165, 1.54) is 0 Å². The van der Waals surface area contributed by atoms with Gasteiger partial charge in [-0.3, -0.25) is 4.79 Å². The second-order valence-electron chi connectivity index (χ2n) is 1.50. The molecule has 7 nitrogen and oxygen atoms in total. The zero-order valence-electron chi connectivity index (χ0n) is 5.89. The molecule has 72 valence electrons. The lowest BCUT2D eigenvalue weighted by molar-refractivity contribution is 0.0994. The number of primary amides is 1. The summed E-state index contributed by atoms with van der Waals surface area (Å²) in [6, 6.07) is 0. The van der Waals surface area contributed by atoms with Crippen LogP contribution < -0.4 is 5.73 Å². The van der Waals surface area contributed by atoms with E-state index in [0.29, 0.717) is 4.73 Å². The predicted octanol–water partition coefficient (Wildman–Crippen LogP) is -2.01. The van der Waals surface area contributed by atoms with E-state index in [-0.39, 0.29) is 29.1 Å². The predicted molar refractivity (Wildman–Crippen MR) is 42.4 cm³/mol. The van der Waals surface area contributed by atoms with Crippen molar-refractivity contribution in [3.63, 3.8) is 0 Å². The number of nitrogens with zero attached hydrogens (tertiary/aromatic N) is 2. The van der Waals surface area contributed by atoms with Crippen molar-refractivity contribution in [1.82, 2.24) is 9.71 Å². The molecule has 0 aromatic carbocycles. The van der Waals surface area contributed by atoms with Crippen LogP contribution in [0.15, 0.2) is 12.5 Å². The number of amides is 1. The Morgan fingerprint density at radius 3 is 2.25 bits per heavy atom. The van der Waals surface area contributed by atoms with E-state index in [9.17, 15) is 4.79 Å². The summed E-state index contributed by atoms with van der Waals surface area (Å²) in [7, 11) is 0. The quantitative estimate of drug-likeness (QED) is 0.504. The van der Waals surface area contributed by atoms with E-state index in [2.05, 4.69) is 4.98 Å². The van der Waals surface area contributed by atoms with Gasteiger partial charge in [0.15, 0.2) is 0 Å². The van der Waals surface area contributed by atoms with Gasteiger partial charge >= 0.3 is 0 Å². The van der Waals surface area contributed by atoms with Gasteiger partial charge in [-0.05, 0) is 0 Å². The number of rotatable bonds is 1. The van der Waals surface area contributed by atoms with Crippen molar-refractivity contribution in [2.75, 3.05) is 0 Å². The molecule has 12 heavy (non-hydrogen) atoms. The van der Waals surface area contributed by atoms with Crippen molar-refractivity contribution in [1.29, 1.82) is 0 Å². The third-order valence-electron chi connectivity index (χ3n) is 0.822. The van der Waals surface area contributed by atoms with Crippen LogP contribution in [-0.2, 0) is 0 Å². The van der Waals surface area contributed by atoms with E-state index >= 15 is 0 Å². The van der Waals surface area contributed by atoms with Gasteiger partial charge in [-0.1, -0.05) is 0 Å². The Hall–Kier alpha value is -1.31. The second kappa shape index (κ2) is 6.40. The Kier molecular flexibility index (Phi) is 9.06. The summed E-state index contributed by atoms with van der Waals surface area (Å²) in [5.74, 6) is -0.650. The summed E-state index contributed by atoms with van der Waals surface area (Å²) in [6.45, 7) is 0. The number of carbonyl (C=O) groups is 1. The maximum atomic E-state index is 10.2. The molecule has 0 radical (unpaired) electrons. The lowest BCUT2D eigenvalue weighted by Gasteiger charge is -1.81. The zero-order valence-corrected chi connectivity index (χ0v) is 6.71. The SMILES string of the molecule is Cl.NC(=O)c1cn(O)cn1.O.O. The van der Waals surface area contributed by atoms with Gasteiger partial charge in [0.25, 0.3) is 5.91 Å². The highest BCUT2D eigenvalue weighted by Gasteiger charge is 2.01. The number of imidazole rings is 1. The molecule has 1 aromatic heterocycles. The van der Waals surface area contributed by atoms with Gasteiger partial charge in [0.1, 0.15) is 12.0 Å². The van der Waals surface area contributed by atoms with E-state index in [0.717, 1.165) is 12.5 Å². The van der Waals surface area contributed by atoms with Crippen LogP contribution in [0.1, 0.15) is 10.5 Å². The van der Waals surface area contributed by atoms with Crippen LogP contribution in [0.4, 0.5) is 0 Å². The molecule has 0 atom stereocenters. The highest BCUT2D eigenvalue weighted by molar-refractivity contribution is 5.90. The lowest BCUT2D eigenvalue weighted by atomic mass is 10.5. The molecule has 0 spiro atoms. The van der Waals surface area contributed by atoms with Crippen LogP contribution in [0.2, 0.25) is 0 Å².